The van der Waals surface area contributed by atoms with Crippen molar-refractivity contribution in [1.82, 2.24) is 15.1 Å². The van der Waals surface area contributed by atoms with Crippen molar-refractivity contribution in [1.29, 1.82) is 0 Å². The number of thioether (sulfide) groups is 1. The quantitative estimate of drug-likeness (QED) is 0.796. The monoisotopic (exact) mass is 305 g/mol. The Morgan fingerprint density at radius 2 is 2.00 bits per heavy atom. The summed E-state index contributed by atoms with van der Waals surface area (Å²) in [6.45, 7) is 5.91. The highest BCUT2D eigenvalue weighted by atomic mass is 32.2. The molecule has 1 aromatic heterocycles. The number of rotatable bonds is 7. The largest absolute Gasteiger partial charge is 0.493 e. The van der Waals surface area contributed by atoms with Gasteiger partial charge in [-0.25, -0.2) is 0 Å². The summed E-state index contributed by atoms with van der Waals surface area (Å²) in [6, 6.07) is 8.74. The molecule has 21 heavy (non-hydrogen) atoms. The Kier molecular flexibility index (Phi) is 5.70. The van der Waals surface area contributed by atoms with Gasteiger partial charge in [0, 0.05) is 11.4 Å². The Hall–Kier alpha value is -1.46. The zero-order valence-corrected chi connectivity index (χ0v) is 13.9. The van der Waals surface area contributed by atoms with E-state index in [2.05, 4.69) is 54.8 Å². The topological polar surface area (TPSA) is 39.1 Å². The maximum absolute atomic E-state index is 5.49. The van der Waals surface area contributed by atoms with E-state index in [1.807, 2.05) is 4.68 Å². The fourth-order valence-electron chi connectivity index (χ4n) is 2.45. The summed E-state index contributed by atoms with van der Waals surface area (Å²) in [4.78, 5) is 1.27. The van der Waals surface area contributed by atoms with Gasteiger partial charge in [-0.2, -0.15) is 5.10 Å². The molecule has 114 valence electrons. The van der Waals surface area contributed by atoms with E-state index >= 15 is 0 Å². The molecule has 1 unspecified atom stereocenters. The van der Waals surface area contributed by atoms with Crippen LogP contribution in [0.5, 0.6) is 5.75 Å². The lowest BCUT2D eigenvalue weighted by Gasteiger charge is -2.21. The van der Waals surface area contributed by atoms with Crippen LogP contribution >= 0.6 is 11.8 Å². The minimum Gasteiger partial charge on any atom is -0.493 e. The first-order valence-electron chi connectivity index (χ1n) is 7.22. The molecule has 5 heteroatoms. The Balaban J connectivity index is 2.44. The first-order chi connectivity index (χ1) is 10.2. The van der Waals surface area contributed by atoms with E-state index in [4.69, 9.17) is 4.74 Å². The fraction of sp³-hybridized carbons (Fsp3) is 0.438. The van der Waals surface area contributed by atoms with E-state index in [0.717, 1.165) is 24.5 Å². The lowest BCUT2D eigenvalue weighted by molar-refractivity contribution is 0.399. The van der Waals surface area contributed by atoms with Crippen molar-refractivity contribution in [3.8, 4) is 5.75 Å². The number of hydrogen-bond donors (Lipinski definition) is 1. The molecule has 0 radical (unpaired) electrons. The normalized spacial score (nSPS) is 12.4. The lowest BCUT2D eigenvalue weighted by Crippen LogP contribution is -2.25. The van der Waals surface area contributed by atoms with Crippen molar-refractivity contribution in [3.05, 3.63) is 41.7 Å². The van der Waals surface area contributed by atoms with Gasteiger partial charge in [0.25, 0.3) is 0 Å². The summed E-state index contributed by atoms with van der Waals surface area (Å²) in [5, 5.41) is 7.96. The highest BCUT2D eigenvalue weighted by Crippen LogP contribution is 2.30. The molecule has 0 aliphatic heterocycles. The number of nitrogens with one attached hydrogen (secondary N) is 1. The summed E-state index contributed by atoms with van der Waals surface area (Å²) < 4.78 is 7.49. The zero-order chi connectivity index (χ0) is 15.2. The van der Waals surface area contributed by atoms with Crippen LogP contribution in [0, 0.1) is 0 Å². The molecule has 0 saturated heterocycles. The van der Waals surface area contributed by atoms with Crippen LogP contribution in [-0.4, -0.2) is 29.7 Å². The number of aryl methyl sites for hydroxylation is 1. The third-order valence-corrected chi connectivity index (χ3v) is 4.24. The van der Waals surface area contributed by atoms with E-state index in [0.29, 0.717) is 0 Å². The predicted molar refractivity (Wildman–Crippen MR) is 88.2 cm³/mol. The highest BCUT2D eigenvalue weighted by Gasteiger charge is 2.22. The minimum absolute atomic E-state index is 0.0864. The van der Waals surface area contributed by atoms with Gasteiger partial charge < -0.3 is 10.1 Å². The van der Waals surface area contributed by atoms with Gasteiger partial charge in [-0.15, -0.1) is 11.8 Å². The van der Waals surface area contributed by atoms with Crippen LogP contribution in [0.3, 0.4) is 0 Å². The summed E-state index contributed by atoms with van der Waals surface area (Å²) >= 11 is 1.75. The number of methoxy groups -OCH3 is 1. The molecule has 0 amide bonds. The Morgan fingerprint density at radius 3 is 2.52 bits per heavy atom. The first-order valence-corrected chi connectivity index (χ1v) is 8.44. The number of nitrogens with zero attached hydrogens (tertiary/aromatic N) is 2. The Labute approximate surface area is 130 Å². The molecule has 1 heterocycles. The third-order valence-electron chi connectivity index (χ3n) is 3.50. The van der Waals surface area contributed by atoms with Gasteiger partial charge in [-0.05, 0) is 37.4 Å². The van der Waals surface area contributed by atoms with E-state index in [9.17, 15) is 0 Å². The van der Waals surface area contributed by atoms with Crippen LogP contribution in [0.1, 0.15) is 31.1 Å². The molecule has 0 bridgehead atoms. The van der Waals surface area contributed by atoms with Crippen LogP contribution in [0.4, 0.5) is 0 Å². The lowest BCUT2D eigenvalue weighted by atomic mass is 10.0. The first kappa shape index (κ1) is 15.9. The van der Waals surface area contributed by atoms with Gasteiger partial charge in [0.2, 0.25) is 0 Å². The molecule has 2 aromatic rings. The van der Waals surface area contributed by atoms with Gasteiger partial charge >= 0.3 is 0 Å². The fourth-order valence-corrected chi connectivity index (χ4v) is 2.86. The summed E-state index contributed by atoms with van der Waals surface area (Å²) in [5.41, 5.74) is 2.31. The molecule has 4 nitrogen and oxygen atoms in total. The van der Waals surface area contributed by atoms with Crippen LogP contribution in [-0.2, 0) is 6.54 Å². The van der Waals surface area contributed by atoms with Crippen LogP contribution < -0.4 is 10.1 Å². The molecule has 1 atom stereocenters. The molecule has 1 aromatic carbocycles. The number of benzene rings is 1. The van der Waals surface area contributed by atoms with Gasteiger partial charge in [0.15, 0.2) is 5.75 Å². The van der Waals surface area contributed by atoms with Crippen LogP contribution in [0.2, 0.25) is 0 Å². The zero-order valence-electron chi connectivity index (χ0n) is 13.1. The van der Waals surface area contributed by atoms with Gasteiger partial charge in [-0.1, -0.05) is 19.1 Å². The second-order valence-corrected chi connectivity index (χ2v) is 5.56. The van der Waals surface area contributed by atoms with Crippen molar-refractivity contribution >= 4 is 11.8 Å². The minimum atomic E-state index is 0.0864. The van der Waals surface area contributed by atoms with Crippen molar-refractivity contribution in [2.45, 2.75) is 31.3 Å². The van der Waals surface area contributed by atoms with Crippen molar-refractivity contribution in [2.75, 3.05) is 19.9 Å². The van der Waals surface area contributed by atoms with Crippen LogP contribution in [0.25, 0.3) is 0 Å². The molecular formula is C16H23N3OS. The Morgan fingerprint density at radius 1 is 1.29 bits per heavy atom. The van der Waals surface area contributed by atoms with E-state index in [1.165, 1.54) is 10.5 Å². The number of hydrogen-bond acceptors (Lipinski definition) is 4. The summed E-state index contributed by atoms with van der Waals surface area (Å²) in [5.74, 6) is 0.830. The molecule has 0 aliphatic rings. The predicted octanol–water partition coefficient (Wildman–Crippen LogP) is 3.33. The smallest absolute Gasteiger partial charge is 0.161 e. The summed E-state index contributed by atoms with van der Waals surface area (Å²) in [7, 11) is 1.69. The van der Waals surface area contributed by atoms with Crippen molar-refractivity contribution in [3.63, 3.8) is 0 Å². The number of ether oxygens (including phenoxy) is 1. The van der Waals surface area contributed by atoms with E-state index in [1.54, 1.807) is 25.1 Å². The SMILES string of the molecule is CCNC(c1ccc(SC)cc1)c1c(OC)cnn1CC. The maximum Gasteiger partial charge on any atom is 0.161 e. The van der Waals surface area contributed by atoms with Gasteiger partial charge in [0.1, 0.15) is 5.69 Å². The van der Waals surface area contributed by atoms with Gasteiger partial charge in [0.05, 0.1) is 19.3 Å². The molecule has 0 aliphatic carbocycles. The van der Waals surface area contributed by atoms with Crippen molar-refractivity contribution < 1.29 is 4.74 Å². The standard InChI is InChI=1S/C16H23N3OS/c1-5-17-15(12-7-9-13(21-4)10-8-12)16-14(20-3)11-18-19(16)6-2/h7-11,15,17H,5-6H2,1-4H3. The van der Waals surface area contributed by atoms with E-state index < -0.39 is 0 Å². The van der Waals surface area contributed by atoms with E-state index in [-0.39, 0.29) is 6.04 Å². The average Bonchev–Trinajstić information content (AvgIpc) is 2.95. The maximum atomic E-state index is 5.49. The van der Waals surface area contributed by atoms with Gasteiger partial charge in [-0.3, -0.25) is 4.68 Å². The molecule has 2 rings (SSSR count). The second kappa shape index (κ2) is 7.52. The molecule has 0 spiro atoms. The van der Waals surface area contributed by atoms with Crippen LogP contribution in [0.15, 0.2) is 35.4 Å². The average molecular weight is 305 g/mol. The number of aromatic nitrogens is 2. The Bertz CT molecular complexity index is 544. The molecule has 0 fully saturated rings. The second-order valence-electron chi connectivity index (χ2n) is 4.68. The molecule has 0 saturated carbocycles. The third kappa shape index (κ3) is 3.41. The summed E-state index contributed by atoms with van der Waals surface area (Å²) in [6.07, 6.45) is 3.88. The molecular weight excluding hydrogens is 282 g/mol. The molecule has 1 N–H and O–H groups in total. The highest BCUT2D eigenvalue weighted by molar-refractivity contribution is 7.98. The van der Waals surface area contributed by atoms with Crippen molar-refractivity contribution in [2.24, 2.45) is 0 Å².